The van der Waals surface area contributed by atoms with Gasteiger partial charge in [0.25, 0.3) is 0 Å². The molecule has 0 heterocycles. The van der Waals surface area contributed by atoms with Gasteiger partial charge in [0.2, 0.25) is 0 Å². The van der Waals surface area contributed by atoms with E-state index in [2.05, 4.69) is 35.9 Å². The van der Waals surface area contributed by atoms with E-state index in [1.807, 2.05) is 0 Å². The molecule has 0 aliphatic carbocycles. The summed E-state index contributed by atoms with van der Waals surface area (Å²) in [7, 11) is 0. The van der Waals surface area contributed by atoms with Crippen molar-refractivity contribution in [3.63, 3.8) is 0 Å². The quantitative estimate of drug-likeness (QED) is 0.0715. The first-order valence-corrected chi connectivity index (χ1v) is 18.3. The Balaban J connectivity index is 4.05. The third-order valence-corrected chi connectivity index (χ3v) is 13.3. The molecule has 0 unspecified atom stereocenters. The molecule has 0 rings (SSSR count). The molecule has 0 amide bonds. The van der Waals surface area contributed by atoms with Crippen molar-refractivity contribution in [1.82, 2.24) is 0 Å². The van der Waals surface area contributed by atoms with Crippen molar-refractivity contribution < 1.29 is 0 Å². The molecule has 0 aliphatic rings. The Labute approximate surface area is 194 Å². The van der Waals surface area contributed by atoms with E-state index >= 15 is 0 Å². The summed E-state index contributed by atoms with van der Waals surface area (Å²) in [5.41, 5.74) is -0.778. The van der Waals surface area contributed by atoms with Crippen LogP contribution in [0.15, 0.2) is 0 Å². The van der Waals surface area contributed by atoms with Crippen LogP contribution in [0.5, 0.6) is 0 Å². The summed E-state index contributed by atoms with van der Waals surface area (Å²) in [5, 5.41) is 0. The predicted molar refractivity (Wildman–Crippen MR) is 141 cm³/mol. The molecule has 0 aromatic rings. The van der Waals surface area contributed by atoms with E-state index in [0.29, 0.717) is 0 Å². The van der Waals surface area contributed by atoms with E-state index in [1.54, 1.807) is 18.5 Å². The van der Waals surface area contributed by atoms with Gasteiger partial charge in [0.05, 0.1) is 0 Å². The van der Waals surface area contributed by atoms with E-state index in [1.165, 1.54) is 135 Å². The fraction of sp³-hybridized carbons (Fsp3) is 1.00. The van der Waals surface area contributed by atoms with Crippen LogP contribution in [0.25, 0.3) is 0 Å². The van der Waals surface area contributed by atoms with E-state index in [4.69, 9.17) is 0 Å². The van der Waals surface area contributed by atoms with Gasteiger partial charge in [0, 0.05) is 0 Å². The summed E-state index contributed by atoms with van der Waals surface area (Å²) in [4.78, 5) is 0. The molecule has 0 spiro atoms. The van der Waals surface area contributed by atoms with Crippen molar-refractivity contribution in [3.8, 4) is 0 Å². The molecule has 0 nitrogen and oxygen atoms in total. The molecular formula is C27H57PSe. The van der Waals surface area contributed by atoms with Crippen molar-refractivity contribution >= 4 is 20.6 Å². The average Bonchev–Trinajstić information content (AvgIpc) is 2.72. The van der Waals surface area contributed by atoms with E-state index in [9.17, 15) is 0 Å². The second-order valence-electron chi connectivity index (χ2n) is 9.59. The summed E-state index contributed by atoms with van der Waals surface area (Å²) in [6.45, 7) is 6.96. The minimum absolute atomic E-state index is 0.778. The van der Waals surface area contributed by atoms with E-state index in [-0.39, 0.29) is 0 Å². The molecule has 0 saturated carbocycles. The fourth-order valence-electron chi connectivity index (χ4n) is 4.41. The molecule has 0 aliphatic heterocycles. The third kappa shape index (κ3) is 22.0. The number of hydrogen-bond donors (Lipinski definition) is 0. The van der Waals surface area contributed by atoms with E-state index < -0.39 is 5.51 Å². The van der Waals surface area contributed by atoms with Gasteiger partial charge in [-0.2, -0.15) is 0 Å². The standard InChI is InChI=1S/C27H57PSe/c1-4-7-10-13-16-19-22-25-28(29,26-23-20-17-14-11-8-5-2)27-24-21-18-15-12-9-6-3/h4-27H2,1-3H3. The van der Waals surface area contributed by atoms with Crippen LogP contribution in [-0.4, -0.2) is 33.6 Å². The molecule has 0 radical (unpaired) electrons. The molecule has 29 heavy (non-hydrogen) atoms. The molecule has 0 bridgehead atoms. The Bertz CT molecular complexity index is 300. The Morgan fingerprint density at radius 2 is 0.552 bits per heavy atom. The van der Waals surface area contributed by atoms with Gasteiger partial charge in [-0.1, -0.05) is 0 Å². The molecule has 0 atom stereocenters. The first-order valence-electron chi connectivity index (χ1n) is 13.8. The van der Waals surface area contributed by atoms with Crippen LogP contribution in [-0.2, 0) is 0 Å². The summed E-state index contributed by atoms with van der Waals surface area (Å²) >= 11 is 3.84. The summed E-state index contributed by atoms with van der Waals surface area (Å²) in [5.74, 6) is 0. The van der Waals surface area contributed by atoms with Gasteiger partial charge in [-0.15, -0.1) is 0 Å². The molecule has 0 aromatic heterocycles. The molecule has 0 saturated heterocycles. The Hall–Kier alpha value is 0.949. The van der Waals surface area contributed by atoms with Gasteiger partial charge in [0.1, 0.15) is 0 Å². The third-order valence-electron chi connectivity index (χ3n) is 6.51. The van der Waals surface area contributed by atoms with Gasteiger partial charge < -0.3 is 0 Å². The summed E-state index contributed by atoms with van der Waals surface area (Å²) in [6, 6.07) is 0. The van der Waals surface area contributed by atoms with Crippen LogP contribution in [0.4, 0.5) is 0 Å². The van der Waals surface area contributed by atoms with Crippen molar-refractivity contribution in [2.75, 3.05) is 18.5 Å². The monoisotopic (exact) mass is 492 g/mol. The van der Waals surface area contributed by atoms with Gasteiger partial charge in [0.15, 0.2) is 0 Å². The van der Waals surface area contributed by atoms with Crippen molar-refractivity contribution in [3.05, 3.63) is 0 Å². The second kappa shape index (κ2) is 23.6. The molecular weight excluding hydrogens is 434 g/mol. The zero-order valence-electron chi connectivity index (χ0n) is 20.8. The van der Waals surface area contributed by atoms with Gasteiger partial charge >= 0.3 is 195 Å². The first kappa shape index (κ1) is 29.9. The molecule has 0 fully saturated rings. The van der Waals surface area contributed by atoms with Gasteiger partial charge in [-0.25, -0.2) is 0 Å². The average molecular weight is 492 g/mol. The van der Waals surface area contributed by atoms with Crippen LogP contribution in [0.3, 0.4) is 0 Å². The van der Waals surface area contributed by atoms with Crippen LogP contribution >= 0.6 is 5.51 Å². The second-order valence-corrected chi connectivity index (χ2v) is 17.9. The van der Waals surface area contributed by atoms with Crippen LogP contribution in [0.2, 0.25) is 0 Å². The minimum atomic E-state index is -0.778. The van der Waals surface area contributed by atoms with E-state index in [0.717, 1.165) is 0 Å². The number of hydrogen-bond acceptors (Lipinski definition) is 0. The number of unbranched alkanes of at least 4 members (excludes halogenated alkanes) is 18. The molecule has 0 N–H and O–H groups in total. The number of rotatable bonds is 24. The van der Waals surface area contributed by atoms with Gasteiger partial charge in [-0.3, -0.25) is 0 Å². The normalized spacial score (nSPS) is 12.0. The van der Waals surface area contributed by atoms with Crippen molar-refractivity contribution in [2.24, 2.45) is 0 Å². The maximum atomic E-state index is 3.84. The van der Waals surface area contributed by atoms with Crippen LogP contribution < -0.4 is 0 Å². The van der Waals surface area contributed by atoms with Crippen LogP contribution in [0, 0.1) is 0 Å². The topological polar surface area (TPSA) is 0 Å². The van der Waals surface area contributed by atoms with Gasteiger partial charge in [-0.05, 0) is 0 Å². The zero-order chi connectivity index (χ0) is 21.5. The zero-order valence-corrected chi connectivity index (χ0v) is 23.4. The van der Waals surface area contributed by atoms with Crippen molar-refractivity contribution in [2.45, 2.75) is 156 Å². The Morgan fingerprint density at radius 3 is 0.793 bits per heavy atom. The van der Waals surface area contributed by atoms with Crippen molar-refractivity contribution in [1.29, 1.82) is 0 Å². The van der Waals surface area contributed by atoms with Crippen LogP contribution in [0.1, 0.15) is 156 Å². The maximum absolute atomic E-state index is 3.84. The summed E-state index contributed by atoms with van der Waals surface area (Å²) < 4.78 is 0. The molecule has 176 valence electrons. The molecule has 0 aromatic carbocycles. The SMILES string of the molecule is CCCCCCCCCP(=[Se])(CCCCCCCCC)CCCCCCCCC. The predicted octanol–water partition coefficient (Wildman–Crippen LogP) is 10.3. The Kier molecular flexibility index (Phi) is 24.4. The fourth-order valence-corrected chi connectivity index (χ4v) is 9.91. The first-order chi connectivity index (χ1) is 14.2. The molecule has 2 heteroatoms. The summed E-state index contributed by atoms with van der Waals surface area (Å²) in [6.07, 6.45) is 35.3. The Morgan fingerprint density at radius 1 is 0.345 bits per heavy atom.